The fourth-order valence-electron chi connectivity index (χ4n) is 1.10. The molecule has 0 aromatic carbocycles. The van der Waals surface area contributed by atoms with Crippen molar-refractivity contribution >= 4 is 5.97 Å². The lowest BCUT2D eigenvalue weighted by molar-refractivity contribution is -0.150. The first-order chi connectivity index (χ1) is 6.09. The van der Waals surface area contributed by atoms with Gasteiger partial charge in [0, 0.05) is 13.0 Å². The highest BCUT2D eigenvalue weighted by Crippen LogP contribution is 2.14. The first kappa shape index (κ1) is 10.4. The molecule has 1 N–H and O–H groups in total. The van der Waals surface area contributed by atoms with Crippen LogP contribution in [0.25, 0.3) is 0 Å². The maximum atomic E-state index is 10.5. The summed E-state index contributed by atoms with van der Waals surface area (Å²) >= 11 is 0. The number of carboxylic acids is 1. The van der Waals surface area contributed by atoms with Crippen LogP contribution in [0.15, 0.2) is 0 Å². The largest absolute Gasteiger partial charge is 0.479 e. The summed E-state index contributed by atoms with van der Waals surface area (Å²) in [4.78, 5) is 12.5. The molecule has 0 aromatic heterocycles. The Balaban J connectivity index is 2.21. The van der Waals surface area contributed by atoms with Gasteiger partial charge >= 0.3 is 5.97 Å². The van der Waals surface area contributed by atoms with Gasteiger partial charge < -0.3 is 19.5 Å². The topological polar surface area (TPSA) is 59.0 Å². The summed E-state index contributed by atoms with van der Waals surface area (Å²) in [6.45, 7) is 0.991. The molecule has 1 saturated heterocycles. The molecular formula is C8H15NO4. The molecule has 0 aromatic rings. The molecule has 5 nitrogen and oxygen atoms in total. The van der Waals surface area contributed by atoms with E-state index in [0.29, 0.717) is 6.42 Å². The Morgan fingerprint density at radius 2 is 2.31 bits per heavy atom. The third-order valence-electron chi connectivity index (χ3n) is 1.84. The maximum absolute atomic E-state index is 10.5. The number of hydrogen-bond acceptors (Lipinski definition) is 4. The van der Waals surface area contributed by atoms with Crippen molar-refractivity contribution in [1.82, 2.24) is 4.90 Å². The lowest BCUT2D eigenvalue weighted by Gasteiger charge is -2.13. The van der Waals surface area contributed by atoms with Gasteiger partial charge in [0.2, 0.25) is 0 Å². The molecule has 0 amide bonds. The SMILES string of the molecule is CN(C)CCC1OCC(C(=O)O)O1. The summed E-state index contributed by atoms with van der Waals surface area (Å²) < 4.78 is 10.3. The number of carbonyl (C=O) groups is 1. The zero-order chi connectivity index (χ0) is 9.84. The van der Waals surface area contributed by atoms with E-state index in [0.717, 1.165) is 6.54 Å². The van der Waals surface area contributed by atoms with Gasteiger partial charge in [0.15, 0.2) is 12.4 Å². The Morgan fingerprint density at radius 1 is 1.62 bits per heavy atom. The summed E-state index contributed by atoms with van der Waals surface area (Å²) in [6, 6.07) is 0. The molecule has 76 valence electrons. The maximum Gasteiger partial charge on any atom is 0.335 e. The molecule has 1 aliphatic rings. The van der Waals surface area contributed by atoms with Gasteiger partial charge in [-0.05, 0) is 14.1 Å². The molecule has 2 unspecified atom stereocenters. The van der Waals surface area contributed by atoms with E-state index in [4.69, 9.17) is 14.6 Å². The summed E-state index contributed by atoms with van der Waals surface area (Å²) in [5.41, 5.74) is 0. The van der Waals surface area contributed by atoms with Crippen LogP contribution in [-0.4, -0.2) is 55.6 Å². The molecule has 1 aliphatic heterocycles. The monoisotopic (exact) mass is 189 g/mol. The van der Waals surface area contributed by atoms with Crippen LogP contribution in [0, 0.1) is 0 Å². The number of rotatable bonds is 4. The van der Waals surface area contributed by atoms with Crippen molar-refractivity contribution < 1.29 is 19.4 Å². The fourth-order valence-corrected chi connectivity index (χ4v) is 1.10. The molecule has 0 spiro atoms. The third kappa shape index (κ3) is 3.30. The highest BCUT2D eigenvalue weighted by Gasteiger charge is 2.30. The summed E-state index contributed by atoms with van der Waals surface area (Å²) in [7, 11) is 3.90. The van der Waals surface area contributed by atoms with Crippen LogP contribution in [0.1, 0.15) is 6.42 Å². The van der Waals surface area contributed by atoms with E-state index in [1.807, 2.05) is 19.0 Å². The minimum absolute atomic E-state index is 0.160. The van der Waals surface area contributed by atoms with Crippen molar-refractivity contribution in [3.63, 3.8) is 0 Å². The van der Waals surface area contributed by atoms with Gasteiger partial charge in [-0.1, -0.05) is 0 Å². The molecule has 2 atom stereocenters. The Morgan fingerprint density at radius 3 is 2.77 bits per heavy atom. The smallest absolute Gasteiger partial charge is 0.335 e. The second kappa shape index (κ2) is 4.55. The van der Waals surface area contributed by atoms with Gasteiger partial charge in [-0.3, -0.25) is 0 Å². The third-order valence-corrected chi connectivity index (χ3v) is 1.84. The van der Waals surface area contributed by atoms with E-state index in [-0.39, 0.29) is 12.9 Å². The van der Waals surface area contributed by atoms with E-state index < -0.39 is 12.1 Å². The van der Waals surface area contributed by atoms with Crippen molar-refractivity contribution in [3.05, 3.63) is 0 Å². The normalized spacial score (nSPS) is 28.2. The zero-order valence-corrected chi connectivity index (χ0v) is 7.90. The molecule has 1 heterocycles. The van der Waals surface area contributed by atoms with Crippen LogP contribution in [-0.2, 0) is 14.3 Å². The van der Waals surface area contributed by atoms with Gasteiger partial charge in [0.25, 0.3) is 0 Å². The van der Waals surface area contributed by atoms with E-state index in [1.54, 1.807) is 0 Å². The highest BCUT2D eigenvalue weighted by molar-refractivity contribution is 5.72. The Labute approximate surface area is 77.2 Å². The van der Waals surface area contributed by atoms with Gasteiger partial charge in [0.1, 0.15) is 0 Å². The fraction of sp³-hybridized carbons (Fsp3) is 0.875. The molecule has 13 heavy (non-hydrogen) atoms. The first-order valence-corrected chi connectivity index (χ1v) is 4.24. The van der Waals surface area contributed by atoms with Crippen LogP contribution in [0.2, 0.25) is 0 Å². The second-order valence-corrected chi connectivity index (χ2v) is 3.32. The number of ether oxygens (including phenoxy) is 2. The van der Waals surface area contributed by atoms with Crippen molar-refractivity contribution in [2.24, 2.45) is 0 Å². The van der Waals surface area contributed by atoms with Gasteiger partial charge in [0.05, 0.1) is 6.61 Å². The van der Waals surface area contributed by atoms with Crippen molar-refractivity contribution in [2.75, 3.05) is 27.2 Å². The second-order valence-electron chi connectivity index (χ2n) is 3.32. The van der Waals surface area contributed by atoms with E-state index in [1.165, 1.54) is 0 Å². The van der Waals surface area contributed by atoms with Crippen LogP contribution < -0.4 is 0 Å². The van der Waals surface area contributed by atoms with E-state index in [2.05, 4.69) is 0 Å². The minimum Gasteiger partial charge on any atom is -0.479 e. The van der Waals surface area contributed by atoms with E-state index in [9.17, 15) is 4.79 Å². The molecule has 5 heteroatoms. The predicted molar refractivity (Wildman–Crippen MR) is 45.4 cm³/mol. The summed E-state index contributed by atoms with van der Waals surface area (Å²) in [5.74, 6) is -0.952. The molecule has 1 fully saturated rings. The van der Waals surface area contributed by atoms with Crippen LogP contribution >= 0.6 is 0 Å². The zero-order valence-electron chi connectivity index (χ0n) is 7.90. The lowest BCUT2D eigenvalue weighted by Crippen LogP contribution is -2.24. The van der Waals surface area contributed by atoms with Crippen LogP contribution in [0.3, 0.4) is 0 Å². The average molecular weight is 189 g/mol. The molecular weight excluding hydrogens is 174 g/mol. The summed E-state index contributed by atoms with van der Waals surface area (Å²) in [6.07, 6.45) is -0.438. The lowest BCUT2D eigenvalue weighted by atomic mass is 10.4. The van der Waals surface area contributed by atoms with Crippen molar-refractivity contribution in [1.29, 1.82) is 0 Å². The van der Waals surface area contributed by atoms with Crippen molar-refractivity contribution in [3.8, 4) is 0 Å². The predicted octanol–water partition coefficient (Wildman–Crippen LogP) is -0.236. The van der Waals surface area contributed by atoms with Crippen LogP contribution in [0.5, 0.6) is 0 Å². The number of aliphatic carboxylic acids is 1. The first-order valence-electron chi connectivity index (χ1n) is 4.24. The Hall–Kier alpha value is -0.650. The van der Waals surface area contributed by atoms with Gasteiger partial charge in [-0.25, -0.2) is 4.79 Å². The Kier molecular flexibility index (Phi) is 3.65. The summed E-state index contributed by atoms with van der Waals surface area (Å²) in [5, 5.41) is 8.59. The average Bonchev–Trinajstić information content (AvgIpc) is 2.48. The van der Waals surface area contributed by atoms with Gasteiger partial charge in [-0.15, -0.1) is 0 Å². The standard InChI is InChI=1S/C8H15NO4/c1-9(2)4-3-7-12-5-6(13-7)8(10)11/h6-7H,3-5H2,1-2H3,(H,10,11). The quantitative estimate of drug-likeness (QED) is 0.661. The number of carboxylic acid groups (broad SMARTS) is 1. The number of nitrogens with zero attached hydrogens (tertiary/aromatic N) is 1. The minimum atomic E-state index is -0.952. The molecule has 0 bridgehead atoms. The molecule has 0 radical (unpaired) electrons. The molecule has 0 aliphatic carbocycles. The Bertz CT molecular complexity index is 183. The molecule has 1 rings (SSSR count). The van der Waals surface area contributed by atoms with Crippen molar-refractivity contribution in [2.45, 2.75) is 18.8 Å². The highest BCUT2D eigenvalue weighted by atomic mass is 16.7. The van der Waals surface area contributed by atoms with E-state index >= 15 is 0 Å². The van der Waals surface area contributed by atoms with Gasteiger partial charge in [-0.2, -0.15) is 0 Å². The van der Waals surface area contributed by atoms with Crippen LogP contribution in [0.4, 0.5) is 0 Å². The molecule has 0 saturated carbocycles. The number of hydrogen-bond donors (Lipinski definition) is 1.